The van der Waals surface area contributed by atoms with Crippen molar-refractivity contribution in [3.63, 3.8) is 0 Å². The Morgan fingerprint density at radius 3 is 2.62 bits per heavy atom. The summed E-state index contributed by atoms with van der Waals surface area (Å²) < 4.78 is 40.0. The van der Waals surface area contributed by atoms with Gasteiger partial charge in [-0.25, -0.2) is 9.48 Å². The number of carbonyl (C=O) groups is 1. The number of aromatic carboxylic acids is 1. The van der Waals surface area contributed by atoms with Crippen molar-refractivity contribution in [3.8, 4) is 0 Å². The van der Waals surface area contributed by atoms with Crippen LogP contribution in [0, 0.1) is 0 Å². The van der Waals surface area contributed by atoms with Crippen LogP contribution in [0.3, 0.4) is 0 Å². The predicted octanol–water partition coefficient (Wildman–Crippen LogP) is 3.46. The Morgan fingerprint density at radius 1 is 1.43 bits per heavy atom. The van der Waals surface area contributed by atoms with E-state index in [0.717, 1.165) is 0 Å². The maximum absolute atomic E-state index is 13.0. The summed E-state index contributed by atoms with van der Waals surface area (Å²) in [4.78, 5) is 10.8. The van der Waals surface area contributed by atoms with Gasteiger partial charge in [0.1, 0.15) is 0 Å². The standard InChI is InChI=1S/C11H6BrClF3N3O2/c12-6-2-1-5(7(13)3-6)4-19-9(11(14,15)16)8(10(20)21)17-18-19/h1-3H,4H2,(H,20,21). The number of carboxylic acids is 1. The maximum atomic E-state index is 13.0. The minimum atomic E-state index is -4.89. The van der Waals surface area contributed by atoms with E-state index in [0.29, 0.717) is 14.7 Å². The highest BCUT2D eigenvalue weighted by molar-refractivity contribution is 9.10. The fraction of sp³-hybridized carbons (Fsp3) is 0.182. The van der Waals surface area contributed by atoms with Crippen LogP contribution in [0.15, 0.2) is 22.7 Å². The largest absolute Gasteiger partial charge is 0.476 e. The number of hydrogen-bond donors (Lipinski definition) is 1. The zero-order valence-corrected chi connectivity index (χ0v) is 12.4. The molecular weight excluding hydrogens is 378 g/mol. The number of halogens is 5. The smallest absolute Gasteiger partial charge is 0.435 e. The first kappa shape index (κ1) is 15.8. The number of nitrogens with zero attached hydrogens (tertiary/aromatic N) is 3. The van der Waals surface area contributed by atoms with Gasteiger partial charge in [0.15, 0.2) is 5.69 Å². The number of alkyl halides is 3. The average molecular weight is 385 g/mol. The van der Waals surface area contributed by atoms with E-state index in [1.807, 2.05) is 0 Å². The van der Waals surface area contributed by atoms with E-state index in [-0.39, 0.29) is 11.6 Å². The molecule has 0 aliphatic heterocycles. The first-order valence-corrected chi connectivity index (χ1v) is 6.55. The van der Waals surface area contributed by atoms with Crippen LogP contribution >= 0.6 is 27.5 Å². The molecule has 0 saturated heterocycles. The monoisotopic (exact) mass is 383 g/mol. The second-order valence-electron chi connectivity index (χ2n) is 3.98. The Hall–Kier alpha value is -1.61. The van der Waals surface area contributed by atoms with Gasteiger partial charge in [0.05, 0.1) is 6.54 Å². The molecule has 0 radical (unpaired) electrons. The molecule has 0 unspecified atom stereocenters. The molecule has 1 aromatic carbocycles. The second-order valence-corrected chi connectivity index (χ2v) is 5.31. The van der Waals surface area contributed by atoms with Crippen LogP contribution < -0.4 is 0 Å². The molecule has 0 bridgehead atoms. The van der Waals surface area contributed by atoms with Crippen molar-refractivity contribution in [2.45, 2.75) is 12.7 Å². The van der Waals surface area contributed by atoms with Crippen molar-refractivity contribution in [1.82, 2.24) is 15.0 Å². The van der Waals surface area contributed by atoms with E-state index < -0.39 is 23.5 Å². The van der Waals surface area contributed by atoms with Crippen molar-refractivity contribution < 1.29 is 23.1 Å². The minimum absolute atomic E-state index is 0.227. The minimum Gasteiger partial charge on any atom is -0.476 e. The first-order valence-electron chi connectivity index (χ1n) is 5.38. The Labute approximate surface area is 129 Å². The van der Waals surface area contributed by atoms with Gasteiger partial charge < -0.3 is 5.11 Å². The molecule has 1 aromatic heterocycles. The van der Waals surface area contributed by atoms with Crippen LogP contribution in [-0.2, 0) is 12.7 Å². The highest BCUT2D eigenvalue weighted by Crippen LogP contribution is 2.32. The number of benzene rings is 1. The van der Waals surface area contributed by atoms with Gasteiger partial charge in [0.2, 0.25) is 5.69 Å². The zero-order valence-electron chi connectivity index (χ0n) is 10.0. The van der Waals surface area contributed by atoms with Gasteiger partial charge in [-0.15, -0.1) is 5.10 Å². The highest BCUT2D eigenvalue weighted by atomic mass is 79.9. The Bertz CT molecular complexity index is 703. The van der Waals surface area contributed by atoms with Crippen LogP contribution in [-0.4, -0.2) is 26.1 Å². The van der Waals surface area contributed by atoms with Crippen LogP contribution in [0.25, 0.3) is 0 Å². The molecule has 10 heteroatoms. The highest BCUT2D eigenvalue weighted by Gasteiger charge is 2.41. The molecule has 0 spiro atoms. The van der Waals surface area contributed by atoms with Gasteiger partial charge >= 0.3 is 12.1 Å². The van der Waals surface area contributed by atoms with E-state index in [1.165, 1.54) is 12.1 Å². The third-order valence-corrected chi connectivity index (χ3v) is 3.39. The summed E-state index contributed by atoms with van der Waals surface area (Å²) in [5.74, 6) is -1.80. The fourth-order valence-corrected chi connectivity index (χ4v) is 2.39. The quantitative estimate of drug-likeness (QED) is 0.880. The van der Waals surface area contributed by atoms with Crippen molar-refractivity contribution in [3.05, 3.63) is 44.6 Å². The van der Waals surface area contributed by atoms with E-state index >= 15 is 0 Å². The molecule has 0 fully saturated rings. The number of aromatic nitrogens is 3. The molecule has 1 N–H and O–H groups in total. The Balaban J connectivity index is 2.47. The molecule has 112 valence electrons. The molecule has 0 aliphatic carbocycles. The fourth-order valence-electron chi connectivity index (χ4n) is 1.66. The van der Waals surface area contributed by atoms with E-state index in [9.17, 15) is 18.0 Å². The molecule has 21 heavy (non-hydrogen) atoms. The lowest BCUT2D eigenvalue weighted by Gasteiger charge is -2.11. The molecule has 0 atom stereocenters. The molecule has 0 aliphatic rings. The predicted molar refractivity (Wildman–Crippen MR) is 70.2 cm³/mol. The van der Waals surface area contributed by atoms with Gasteiger partial charge in [-0.1, -0.05) is 38.8 Å². The summed E-state index contributed by atoms with van der Waals surface area (Å²) in [5, 5.41) is 15.3. The van der Waals surface area contributed by atoms with Gasteiger partial charge in [-0.3, -0.25) is 0 Å². The maximum Gasteiger partial charge on any atom is 0.435 e. The van der Waals surface area contributed by atoms with Crippen LogP contribution in [0.2, 0.25) is 5.02 Å². The zero-order chi connectivity index (χ0) is 15.8. The second kappa shape index (κ2) is 5.64. The molecule has 0 saturated carbocycles. The van der Waals surface area contributed by atoms with E-state index in [1.54, 1.807) is 6.07 Å². The van der Waals surface area contributed by atoms with Gasteiger partial charge in [-0.2, -0.15) is 13.2 Å². The lowest BCUT2D eigenvalue weighted by Crippen LogP contribution is -2.19. The molecular formula is C11H6BrClF3N3O2. The molecule has 5 nitrogen and oxygen atoms in total. The lowest BCUT2D eigenvalue weighted by molar-refractivity contribution is -0.144. The normalized spacial score (nSPS) is 11.7. The van der Waals surface area contributed by atoms with Crippen LogP contribution in [0.4, 0.5) is 13.2 Å². The molecule has 1 heterocycles. The van der Waals surface area contributed by atoms with Gasteiger partial charge in [0.25, 0.3) is 0 Å². The molecule has 0 amide bonds. The van der Waals surface area contributed by atoms with Crippen molar-refractivity contribution >= 4 is 33.5 Å². The van der Waals surface area contributed by atoms with Crippen molar-refractivity contribution in [2.24, 2.45) is 0 Å². The average Bonchev–Trinajstić information content (AvgIpc) is 2.76. The summed E-state index contributed by atoms with van der Waals surface area (Å²) in [5.41, 5.74) is -2.21. The van der Waals surface area contributed by atoms with Gasteiger partial charge in [-0.05, 0) is 17.7 Å². The van der Waals surface area contributed by atoms with Gasteiger partial charge in [0, 0.05) is 9.50 Å². The third kappa shape index (κ3) is 3.35. The Kier molecular flexibility index (Phi) is 4.24. The summed E-state index contributed by atoms with van der Waals surface area (Å²) in [6.07, 6.45) is -4.89. The molecule has 2 aromatic rings. The summed E-state index contributed by atoms with van der Waals surface area (Å²) >= 11 is 9.10. The summed E-state index contributed by atoms with van der Waals surface area (Å²) in [6.45, 7) is -0.346. The number of carboxylic acid groups (broad SMARTS) is 1. The summed E-state index contributed by atoms with van der Waals surface area (Å²) in [6, 6.07) is 4.62. The third-order valence-electron chi connectivity index (χ3n) is 2.54. The van der Waals surface area contributed by atoms with Crippen LogP contribution in [0.5, 0.6) is 0 Å². The number of hydrogen-bond acceptors (Lipinski definition) is 3. The van der Waals surface area contributed by atoms with E-state index in [2.05, 4.69) is 26.2 Å². The SMILES string of the molecule is O=C(O)c1nnn(Cc2ccc(Br)cc2Cl)c1C(F)(F)F. The van der Waals surface area contributed by atoms with Crippen LogP contribution in [0.1, 0.15) is 21.7 Å². The first-order chi connectivity index (χ1) is 9.70. The van der Waals surface area contributed by atoms with Crippen molar-refractivity contribution in [2.75, 3.05) is 0 Å². The van der Waals surface area contributed by atoms with E-state index in [4.69, 9.17) is 16.7 Å². The number of rotatable bonds is 3. The topological polar surface area (TPSA) is 68.0 Å². The van der Waals surface area contributed by atoms with Crippen molar-refractivity contribution in [1.29, 1.82) is 0 Å². The Morgan fingerprint density at radius 2 is 2.10 bits per heavy atom. The summed E-state index contributed by atoms with van der Waals surface area (Å²) in [7, 11) is 0. The molecule has 2 rings (SSSR count). The lowest BCUT2D eigenvalue weighted by atomic mass is 10.2.